The van der Waals surface area contributed by atoms with Gasteiger partial charge in [-0.15, -0.1) is 0 Å². The summed E-state index contributed by atoms with van der Waals surface area (Å²) in [5.41, 5.74) is 1.44. The lowest BCUT2D eigenvalue weighted by Crippen LogP contribution is -2.22. The van der Waals surface area contributed by atoms with Gasteiger partial charge in [-0.05, 0) is 6.07 Å². The first-order chi connectivity index (χ1) is 10.2. The van der Waals surface area contributed by atoms with Crippen LogP contribution in [0.3, 0.4) is 0 Å². The zero-order valence-electron chi connectivity index (χ0n) is 11.7. The largest absolute Gasteiger partial charge is 0.485 e. The molecule has 1 aliphatic rings. The molecule has 0 bridgehead atoms. The van der Waals surface area contributed by atoms with Crippen LogP contribution in [0.25, 0.3) is 0 Å². The molecule has 2 heterocycles. The Balaban J connectivity index is 1.86. The van der Waals surface area contributed by atoms with Gasteiger partial charge in [-0.1, -0.05) is 0 Å². The topological polar surface area (TPSA) is 52.6 Å². The Morgan fingerprint density at radius 2 is 2.24 bits per heavy atom. The quantitative estimate of drug-likeness (QED) is 0.942. The molecule has 1 unspecified atom stereocenters. The maximum atomic E-state index is 14.0. The fourth-order valence-electron chi connectivity index (χ4n) is 2.14. The highest BCUT2D eigenvalue weighted by Gasteiger charge is 2.26. The van der Waals surface area contributed by atoms with Gasteiger partial charge in [0.2, 0.25) is 5.88 Å². The van der Waals surface area contributed by atoms with E-state index in [0.717, 1.165) is 5.56 Å². The van der Waals surface area contributed by atoms with Crippen molar-refractivity contribution < 1.29 is 18.6 Å². The molecule has 3 rings (SSSR count). The fourth-order valence-corrected chi connectivity index (χ4v) is 2.14. The van der Waals surface area contributed by atoms with E-state index in [-0.39, 0.29) is 5.75 Å². The van der Waals surface area contributed by atoms with Gasteiger partial charge in [-0.2, -0.15) is 0 Å². The van der Waals surface area contributed by atoms with Gasteiger partial charge in [0.1, 0.15) is 6.61 Å². The van der Waals surface area contributed by atoms with Gasteiger partial charge in [0.15, 0.2) is 23.4 Å². The highest BCUT2D eigenvalue weighted by molar-refractivity contribution is 5.56. The second kappa shape index (κ2) is 5.47. The van der Waals surface area contributed by atoms with Crippen molar-refractivity contribution in [3.05, 3.63) is 41.8 Å². The van der Waals surface area contributed by atoms with Crippen molar-refractivity contribution in [2.45, 2.75) is 6.10 Å². The van der Waals surface area contributed by atoms with Crippen LogP contribution in [-0.4, -0.2) is 25.7 Å². The van der Waals surface area contributed by atoms with Gasteiger partial charge in [-0.3, -0.25) is 0 Å². The molecule has 6 heteroatoms. The van der Waals surface area contributed by atoms with Crippen LogP contribution in [0.4, 0.5) is 10.1 Å². The summed E-state index contributed by atoms with van der Waals surface area (Å²) >= 11 is 0. The van der Waals surface area contributed by atoms with Crippen LogP contribution >= 0.6 is 0 Å². The van der Waals surface area contributed by atoms with Crippen molar-refractivity contribution in [2.75, 3.05) is 26.1 Å². The summed E-state index contributed by atoms with van der Waals surface area (Å²) in [6.45, 7) is 0.299. The lowest BCUT2D eigenvalue weighted by molar-refractivity contribution is 0.0855. The molecule has 1 atom stereocenters. The van der Waals surface area contributed by atoms with Crippen molar-refractivity contribution in [3.63, 3.8) is 0 Å². The summed E-state index contributed by atoms with van der Waals surface area (Å²) in [7, 11) is 3.27. The number of rotatable bonds is 3. The minimum Gasteiger partial charge on any atom is -0.485 e. The number of anilines is 1. The molecule has 110 valence electrons. The molecule has 0 spiro atoms. The van der Waals surface area contributed by atoms with Gasteiger partial charge < -0.3 is 19.5 Å². The number of aromatic nitrogens is 1. The third-order valence-electron chi connectivity index (χ3n) is 3.29. The van der Waals surface area contributed by atoms with Crippen LogP contribution in [0.1, 0.15) is 11.7 Å². The molecule has 0 fully saturated rings. The van der Waals surface area contributed by atoms with Crippen LogP contribution in [0.15, 0.2) is 30.5 Å². The van der Waals surface area contributed by atoms with Gasteiger partial charge >= 0.3 is 0 Å². The molecule has 0 amide bonds. The Bertz CT molecular complexity index is 646. The maximum Gasteiger partial charge on any atom is 0.212 e. The lowest BCUT2D eigenvalue weighted by atomic mass is 10.1. The minimum atomic E-state index is -0.456. The first kappa shape index (κ1) is 13.5. The van der Waals surface area contributed by atoms with E-state index in [1.165, 1.54) is 6.07 Å². The highest BCUT2D eigenvalue weighted by Crippen LogP contribution is 2.40. The highest BCUT2D eigenvalue weighted by atomic mass is 19.1. The predicted molar refractivity (Wildman–Crippen MR) is 75.6 cm³/mol. The zero-order chi connectivity index (χ0) is 14.8. The number of hydrogen-bond acceptors (Lipinski definition) is 5. The van der Waals surface area contributed by atoms with Crippen molar-refractivity contribution in [3.8, 4) is 17.4 Å². The lowest BCUT2D eigenvalue weighted by Gasteiger charge is -2.27. The number of hydrogen-bond donors (Lipinski definition) is 1. The van der Waals surface area contributed by atoms with Crippen molar-refractivity contribution in [2.24, 2.45) is 0 Å². The average Bonchev–Trinajstić information content (AvgIpc) is 2.54. The molecule has 0 radical (unpaired) electrons. The maximum absolute atomic E-state index is 14.0. The number of methoxy groups -OCH3 is 1. The van der Waals surface area contributed by atoms with E-state index in [0.29, 0.717) is 23.9 Å². The smallest absolute Gasteiger partial charge is 0.212 e. The molecule has 1 N–H and O–H groups in total. The molecule has 0 saturated carbocycles. The molecular formula is C15H15FN2O3. The molecule has 0 saturated heterocycles. The van der Waals surface area contributed by atoms with Crippen molar-refractivity contribution in [1.29, 1.82) is 0 Å². The Labute approximate surface area is 121 Å². The van der Waals surface area contributed by atoms with Crippen molar-refractivity contribution in [1.82, 2.24) is 4.98 Å². The van der Waals surface area contributed by atoms with Gasteiger partial charge in [-0.25, -0.2) is 9.37 Å². The molecule has 21 heavy (non-hydrogen) atoms. The number of halogens is 1. The zero-order valence-corrected chi connectivity index (χ0v) is 11.7. The van der Waals surface area contributed by atoms with Gasteiger partial charge in [0.25, 0.3) is 0 Å². The summed E-state index contributed by atoms with van der Waals surface area (Å²) in [6, 6.07) is 6.64. The number of nitrogens with zero attached hydrogens (tertiary/aromatic N) is 1. The first-order valence-corrected chi connectivity index (χ1v) is 6.52. The van der Waals surface area contributed by atoms with Gasteiger partial charge in [0.05, 0.1) is 7.11 Å². The average molecular weight is 290 g/mol. The van der Waals surface area contributed by atoms with Crippen LogP contribution in [0.5, 0.6) is 17.4 Å². The van der Waals surface area contributed by atoms with Crippen molar-refractivity contribution >= 4 is 5.69 Å². The van der Waals surface area contributed by atoms with Crippen LogP contribution < -0.4 is 19.5 Å². The third-order valence-corrected chi connectivity index (χ3v) is 3.29. The van der Waals surface area contributed by atoms with E-state index in [9.17, 15) is 4.39 Å². The number of ether oxygens (including phenoxy) is 3. The monoisotopic (exact) mass is 290 g/mol. The van der Waals surface area contributed by atoms with Crippen LogP contribution in [0, 0.1) is 5.82 Å². The first-order valence-electron chi connectivity index (χ1n) is 6.52. The summed E-state index contributed by atoms with van der Waals surface area (Å²) in [5, 5.41) is 2.87. The van der Waals surface area contributed by atoms with E-state index in [4.69, 9.17) is 14.2 Å². The van der Waals surface area contributed by atoms with Crippen LogP contribution in [-0.2, 0) is 0 Å². The normalized spacial score (nSPS) is 16.4. The Morgan fingerprint density at radius 1 is 1.38 bits per heavy atom. The fraction of sp³-hybridized carbons (Fsp3) is 0.267. The number of fused-ring (bicyclic) bond motifs is 1. The number of nitrogens with one attached hydrogen (secondary N) is 1. The van der Waals surface area contributed by atoms with E-state index >= 15 is 0 Å². The second-order valence-corrected chi connectivity index (χ2v) is 4.59. The second-order valence-electron chi connectivity index (χ2n) is 4.59. The van der Waals surface area contributed by atoms with E-state index in [1.807, 2.05) is 6.07 Å². The molecule has 1 aliphatic heterocycles. The Kier molecular flexibility index (Phi) is 3.51. The Hall–Kier alpha value is -2.50. The summed E-state index contributed by atoms with van der Waals surface area (Å²) in [5.74, 6) is 0.585. The summed E-state index contributed by atoms with van der Waals surface area (Å²) < 4.78 is 30.4. The number of benzene rings is 1. The molecular weight excluding hydrogens is 275 g/mol. The molecule has 1 aromatic heterocycles. The molecule has 0 aliphatic carbocycles. The standard InChI is InChI=1S/C15H15FN2O3/c1-17-10-5-11(16)15-12(6-10)20-8-13(21-15)9-3-4-14(19-2)18-7-9/h3-7,13,17H,8H2,1-2H3. The van der Waals surface area contributed by atoms with E-state index in [2.05, 4.69) is 10.3 Å². The van der Waals surface area contributed by atoms with Crippen LogP contribution in [0.2, 0.25) is 0 Å². The van der Waals surface area contributed by atoms with E-state index in [1.54, 1.807) is 32.5 Å². The summed E-state index contributed by atoms with van der Waals surface area (Å²) in [4.78, 5) is 4.12. The molecule has 1 aromatic carbocycles. The Morgan fingerprint density at radius 3 is 2.90 bits per heavy atom. The number of pyridine rings is 1. The minimum absolute atomic E-state index is 0.126. The third kappa shape index (κ3) is 2.56. The molecule has 5 nitrogen and oxygen atoms in total. The van der Waals surface area contributed by atoms with Gasteiger partial charge in [0, 0.05) is 42.7 Å². The predicted octanol–water partition coefficient (Wildman–Crippen LogP) is 2.78. The summed E-state index contributed by atoms with van der Waals surface area (Å²) in [6.07, 6.45) is 1.24. The molecule has 2 aromatic rings. The van der Waals surface area contributed by atoms with E-state index < -0.39 is 11.9 Å². The SMILES string of the molecule is CNc1cc(F)c2c(c1)OCC(c1ccc(OC)nc1)O2.